The number of amides is 1. The molecule has 8 nitrogen and oxygen atoms in total. The number of hydrogen-bond donors (Lipinski definition) is 2. The molecule has 0 aliphatic heterocycles. The largest absolute Gasteiger partial charge is 0.502 e. The summed E-state index contributed by atoms with van der Waals surface area (Å²) in [7, 11) is 0. The van der Waals surface area contributed by atoms with Gasteiger partial charge in [0.2, 0.25) is 0 Å². The second-order valence-electron chi connectivity index (χ2n) is 5.66. The van der Waals surface area contributed by atoms with Crippen molar-refractivity contribution in [2.24, 2.45) is 0 Å². The van der Waals surface area contributed by atoms with E-state index < -0.39 is 22.3 Å². The predicted octanol–water partition coefficient (Wildman–Crippen LogP) is 2.48. The van der Waals surface area contributed by atoms with Crippen LogP contribution in [0.15, 0.2) is 60.9 Å². The van der Waals surface area contributed by atoms with Crippen LogP contribution in [0.3, 0.4) is 0 Å². The number of aromatic hydroxyl groups is 1. The number of rotatable bonds is 6. The molecule has 1 heterocycles. The zero-order valence-corrected chi connectivity index (χ0v) is 13.7. The van der Waals surface area contributed by atoms with E-state index in [4.69, 9.17) is 0 Å². The predicted molar refractivity (Wildman–Crippen MR) is 93.7 cm³/mol. The summed E-state index contributed by atoms with van der Waals surface area (Å²) in [4.78, 5) is 22.1. The van der Waals surface area contributed by atoms with Crippen LogP contribution < -0.4 is 5.32 Å². The third-order valence-corrected chi connectivity index (χ3v) is 3.81. The smallest absolute Gasteiger partial charge is 0.310 e. The second kappa shape index (κ2) is 7.47. The highest BCUT2D eigenvalue weighted by Gasteiger charge is 2.15. The SMILES string of the molecule is O=C(NCc1ccc(Cn2cccn2)cc1)c1ccc([N+](=O)[O-])c(O)c1. The number of aromatic nitrogens is 2. The minimum Gasteiger partial charge on any atom is -0.502 e. The number of phenolic OH excluding ortho intramolecular Hbond substituents is 1. The van der Waals surface area contributed by atoms with E-state index in [2.05, 4.69) is 10.4 Å². The van der Waals surface area contributed by atoms with E-state index >= 15 is 0 Å². The quantitative estimate of drug-likeness (QED) is 0.523. The van der Waals surface area contributed by atoms with Crippen LogP contribution in [0.1, 0.15) is 21.5 Å². The lowest BCUT2D eigenvalue weighted by Gasteiger charge is -2.07. The molecule has 0 saturated carbocycles. The summed E-state index contributed by atoms with van der Waals surface area (Å²) in [6.07, 6.45) is 3.60. The molecule has 3 rings (SSSR count). The maximum Gasteiger partial charge on any atom is 0.310 e. The topological polar surface area (TPSA) is 110 Å². The Bertz CT molecular complexity index is 921. The third-order valence-electron chi connectivity index (χ3n) is 3.81. The van der Waals surface area contributed by atoms with Crippen molar-refractivity contribution in [2.45, 2.75) is 13.1 Å². The van der Waals surface area contributed by atoms with Crippen molar-refractivity contribution in [2.75, 3.05) is 0 Å². The van der Waals surface area contributed by atoms with Crippen molar-refractivity contribution < 1.29 is 14.8 Å². The van der Waals surface area contributed by atoms with E-state index in [9.17, 15) is 20.0 Å². The molecular weight excluding hydrogens is 336 g/mol. The Labute approximate surface area is 148 Å². The third kappa shape index (κ3) is 4.04. The van der Waals surface area contributed by atoms with E-state index in [-0.39, 0.29) is 5.56 Å². The second-order valence-corrected chi connectivity index (χ2v) is 5.66. The van der Waals surface area contributed by atoms with Crippen LogP contribution in [0.25, 0.3) is 0 Å². The number of phenols is 1. The highest BCUT2D eigenvalue weighted by molar-refractivity contribution is 5.95. The van der Waals surface area contributed by atoms with Crippen LogP contribution in [0.2, 0.25) is 0 Å². The first-order chi connectivity index (χ1) is 12.5. The van der Waals surface area contributed by atoms with Gasteiger partial charge in [0.25, 0.3) is 5.91 Å². The molecular formula is C18H16N4O4. The van der Waals surface area contributed by atoms with Crippen molar-refractivity contribution in [3.8, 4) is 5.75 Å². The van der Waals surface area contributed by atoms with Gasteiger partial charge in [-0.15, -0.1) is 0 Å². The summed E-state index contributed by atoms with van der Waals surface area (Å²) < 4.78 is 1.82. The number of benzene rings is 2. The first kappa shape index (κ1) is 17.2. The molecule has 0 radical (unpaired) electrons. The van der Waals surface area contributed by atoms with Gasteiger partial charge in [0.05, 0.1) is 11.5 Å². The number of hydrogen-bond acceptors (Lipinski definition) is 5. The van der Waals surface area contributed by atoms with Crippen LogP contribution in [0, 0.1) is 10.1 Å². The fourth-order valence-electron chi connectivity index (χ4n) is 2.45. The number of carbonyl (C=O) groups excluding carboxylic acids is 1. The molecule has 1 amide bonds. The molecule has 132 valence electrons. The first-order valence-electron chi connectivity index (χ1n) is 7.84. The zero-order chi connectivity index (χ0) is 18.5. The Morgan fingerprint density at radius 3 is 2.54 bits per heavy atom. The van der Waals surface area contributed by atoms with Gasteiger partial charge in [-0.1, -0.05) is 24.3 Å². The van der Waals surface area contributed by atoms with Gasteiger partial charge in [0, 0.05) is 30.6 Å². The number of nitro groups is 1. The first-order valence-corrected chi connectivity index (χ1v) is 7.84. The maximum absolute atomic E-state index is 12.1. The molecule has 3 aromatic rings. The van der Waals surface area contributed by atoms with E-state index in [0.717, 1.165) is 23.3 Å². The molecule has 2 N–H and O–H groups in total. The van der Waals surface area contributed by atoms with Crippen molar-refractivity contribution in [1.82, 2.24) is 15.1 Å². The fourth-order valence-corrected chi connectivity index (χ4v) is 2.45. The lowest BCUT2D eigenvalue weighted by molar-refractivity contribution is -0.385. The van der Waals surface area contributed by atoms with Crippen molar-refractivity contribution in [1.29, 1.82) is 0 Å². The van der Waals surface area contributed by atoms with E-state index in [1.54, 1.807) is 6.20 Å². The zero-order valence-electron chi connectivity index (χ0n) is 13.7. The van der Waals surface area contributed by atoms with Gasteiger partial charge in [-0.05, 0) is 29.3 Å². The molecule has 0 atom stereocenters. The molecule has 26 heavy (non-hydrogen) atoms. The Hall–Kier alpha value is -3.68. The van der Waals surface area contributed by atoms with E-state index in [1.165, 1.54) is 6.07 Å². The summed E-state index contributed by atoms with van der Waals surface area (Å²) in [5.74, 6) is -0.957. The van der Waals surface area contributed by atoms with Crippen LogP contribution in [0.4, 0.5) is 5.69 Å². The Morgan fingerprint density at radius 2 is 1.92 bits per heavy atom. The van der Waals surface area contributed by atoms with Gasteiger partial charge in [0.15, 0.2) is 5.75 Å². The van der Waals surface area contributed by atoms with E-state index in [1.807, 2.05) is 41.2 Å². The molecule has 0 fully saturated rings. The molecule has 1 aromatic heterocycles. The Kier molecular flexibility index (Phi) is 4.93. The summed E-state index contributed by atoms with van der Waals surface area (Å²) in [5, 5.41) is 27.2. The van der Waals surface area contributed by atoms with Crippen molar-refractivity contribution in [3.05, 3.63) is 87.7 Å². The number of nitrogens with one attached hydrogen (secondary N) is 1. The average molecular weight is 352 g/mol. The summed E-state index contributed by atoms with van der Waals surface area (Å²) in [6, 6.07) is 13.1. The van der Waals surface area contributed by atoms with Crippen LogP contribution >= 0.6 is 0 Å². The van der Waals surface area contributed by atoms with E-state index in [0.29, 0.717) is 13.1 Å². The maximum atomic E-state index is 12.1. The van der Waals surface area contributed by atoms with Crippen LogP contribution in [-0.2, 0) is 13.1 Å². The molecule has 0 aliphatic rings. The molecule has 0 unspecified atom stereocenters. The summed E-state index contributed by atoms with van der Waals surface area (Å²) >= 11 is 0. The van der Waals surface area contributed by atoms with Gasteiger partial charge in [-0.25, -0.2) is 0 Å². The molecule has 2 aromatic carbocycles. The molecule has 0 spiro atoms. The van der Waals surface area contributed by atoms with Crippen LogP contribution in [-0.4, -0.2) is 25.7 Å². The molecule has 0 bridgehead atoms. The Morgan fingerprint density at radius 1 is 1.19 bits per heavy atom. The van der Waals surface area contributed by atoms with Crippen molar-refractivity contribution in [3.63, 3.8) is 0 Å². The monoisotopic (exact) mass is 352 g/mol. The Balaban J connectivity index is 1.59. The number of nitro benzene ring substituents is 1. The average Bonchev–Trinajstić information content (AvgIpc) is 3.13. The van der Waals surface area contributed by atoms with Gasteiger partial charge in [-0.3, -0.25) is 19.6 Å². The van der Waals surface area contributed by atoms with Crippen molar-refractivity contribution >= 4 is 11.6 Å². The molecule has 0 aliphatic carbocycles. The van der Waals surface area contributed by atoms with Crippen LogP contribution in [0.5, 0.6) is 5.75 Å². The van der Waals surface area contributed by atoms with Gasteiger partial charge >= 0.3 is 5.69 Å². The van der Waals surface area contributed by atoms with Gasteiger partial charge in [-0.2, -0.15) is 5.10 Å². The normalized spacial score (nSPS) is 10.5. The number of carbonyl (C=O) groups is 1. The highest BCUT2D eigenvalue weighted by atomic mass is 16.6. The standard InChI is InChI=1S/C18H16N4O4/c23-17-10-15(6-7-16(17)22(25)26)18(24)19-11-13-2-4-14(5-3-13)12-21-9-1-8-20-21/h1-10,23H,11-12H2,(H,19,24). The number of nitrogens with zero attached hydrogens (tertiary/aromatic N) is 3. The van der Waals surface area contributed by atoms with Gasteiger partial charge < -0.3 is 10.4 Å². The highest BCUT2D eigenvalue weighted by Crippen LogP contribution is 2.26. The minimum absolute atomic E-state index is 0.156. The summed E-state index contributed by atoms with van der Waals surface area (Å²) in [5.41, 5.74) is 1.72. The minimum atomic E-state index is -0.707. The lowest BCUT2D eigenvalue weighted by atomic mass is 10.1. The molecule has 8 heteroatoms. The summed E-state index contributed by atoms with van der Waals surface area (Å²) in [6.45, 7) is 0.973. The van der Waals surface area contributed by atoms with Gasteiger partial charge in [0.1, 0.15) is 0 Å². The lowest BCUT2D eigenvalue weighted by Crippen LogP contribution is -2.22. The fraction of sp³-hybridized carbons (Fsp3) is 0.111. The molecule has 0 saturated heterocycles.